The quantitative estimate of drug-likeness (QED) is 0.230. The summed E-state index contributed by atoms with van der Waals surface area (Å²) < 4.78 is 17.6. The van der Waals surface area contributed by atoms with Crippen molar-refractivity contribution in [1.29, 1.82) is 0 Å². The highest BCUT2D eigenvalue weighted by Gasteiger charge is 2.12. The monoisotopic (exact) mass is 517 g/mol. The van der Waals surface area contributed by atoms with Crippen LogP contribution in [0.25, 0.3) is 33.4 Å². The molecule has 0 atom stereocenters. The summed E-state index contributed by atoms with van der Waals surface area (Å²) in [6, 6.07) is 34.6. The van der Waals surface area contributed by atoms with Gasteiger partial charge in [0.15, 0.2) is 5.82 Å². The van der Waals surface area contributed by atoms with Gasteiger partial charge in [-0.25, -0.2) is 4.98 Å². The Morgan fingerprint density at radius 3 is 2.26 bits per heavy atom. The molecule has 0 aliphatic carbocycles. The fourth-order valence-electron chi connectivity index (χ4n) is 4.69. The maximum atomic E-state index is 6.12. The highest BCUT2D eigenvalue weighted by Crippen LogP contribution is 2.29. The molecule has 1 saturated heterocycles. The fraction of sp³-hybridized carbons (Fsp3) is 0.212. The van der Waals surface area contributed by atoms with Gasteiger partial charge in [0.25, 0.3) is 0 Å². The van der Waals surface area contributed by atoms with Crippen LogP contribution >= 0.6 is 0 Å². The van der Waals surface area contributed by atoms with Gasteiger partial charge in [-0.05, 0) is 34.5 Å². The first-order chi connectivity index (χ1) is 19.3. The van der Waals surface area contributed by atoms with Gasteiger partial charge in [0, 0.05) is 36.8 Å². The minimum Gasteiger partial charge on any atom is -0.492 e. The largest absolute Gasteiger partial charge is 0.492 e. The maximum absolute atomic E-state index is 6.12. The van der Waals surface area contributed by atoms with Gasteiger partial charge in [0.1, 0.15) is 19.0 Å². The summed E-state index contributed by atoms with van der Waals surface area (Å²) in [5.74, 6) is 2.06. The second kappa shape index (κ2) is 12.1. The minimum absolute atomic E-state index is 0.442. The number of fused-ring (bicyclic) bond motifs is 1. The lowest BCUT2D eigenvalue weighted by atomic mass is 10.1. The maximum Gasteiger partial charge on any atom is 0.217 e. The van der Waals surface area contributed by atoms with E-state index < -0.39 is 0 Å². The van der Waals surface area contributed by atoms with Crippen molar-refractivity contribution in [2.45, 2.75) is 6.61 Å². The lowest BCUT2D eigenvalue weighted by Gasteiger charge is -2.26. The summed E-state index contributed by atoms with van der Waals surface area (Å²) in [5.41, 5.74) is 3.87. The molecule has 196 valence electrons. The molecule has 0 saturated carbocycles. The third kappa shape index (κ3) is 6.42. The average Bonchev–Trinajstić information content (AvgIpc) is 3.01. The number of morpholine rings is 1. The molecule has 0 unspecified atom stereocenters. The number of rotatable bonds is 9. The molecule has 0 bridgehead atoms. The molecular formula is C33H31N3O3. The predicted molar refractivity (Wildman–Crippen MR) is 154 cm³/mol. The van der Waals surface area contributed by atoms with Crippen molar-refractivity contribution in [1.82, 2.24) is 14.9 Å². The molecule has 6 nitrogen and oxygen atoms in total. The van der Waals surface area contributed by atoms with E-state index in [1.54, 1.807) is 0 Å². The van der Waals surface area contributed by atoms with Gasteiger partial charge in [-0.2, -0.15) is 4.98 Å². The molecule has 0 N–H and O–H groups in total. The molecule has 39 heavy (non-hydrogen) atoms. The Hall–Kier alpha value is -4.26. The van der Waals surface area contributed by atoms with Crippen LogP contribution in [0.2, 0.25) is 0 Å². The lowest BCUT2D eigenvalue weighted by molar-refractivity contribution is 0.0322. The normalized spacial score (nSPS) is 13.8. The highest BCUT2D eigenvalue weighted by atomic mass is 16.5. The molecule has 1 aromatic heterocycles. The van der Waals surface area contributed by atoms with Crippen molar-refractivity contribution in [2.75, 3.05) is 39.5 Å². The molecule has 1 aliphatic heterocycles. The van der Waals surface area contributed by atoms with Gasteiger partial charge in [0.2, 0.25) is 5.88 Å². The van der Waals surface area contributed by atoms with Crippen LogP contribution in [0.5, 0.6) is 11.6 Å². The summed E-state index contributed by atoms with van der Waals surface area (Å²) >= 11 is 0. The van der Waals surface area contributed by atoms with E-state index >= 15 is 0 Å². The van der Waals surface area contributed by atoms with Crippen molar-refractivity contribution in [2.24, 2.45) is 0 Å². The number of aromatic nitrogens is 2. The van der Waals surface area contributed by atoms with Crippen LogP contribution < -0.4 is 9.47 Å². The second-order valence-corrected chi connectivity index (χ2v) is 9.58. The van der Waals surface area contributed by atoms with Crippen LogP contribution in [-0.2, 0) is 11.3 Å². The van der Waals surface area contributed by atoms with E-state index in [-0.39, 0.29) is 0 Å². The molecule has 0 spiro atoms. The molecule has 0 radical (unpaired) electrons. The Bertz CT molecular complexity index is 1520. The first-order valence-electron chi connectivity index (χ1n) is 13.4. The van der Waals surface area contributed by atoms with E-state index in [1.807, 2.05) is 72.8 Å². The van der Waals surface area contributed by atoms with Crippen molar-refractivity contribution < 1.29 is 14.2 Å². The molecular weight excluding hydrogens is 486 g/mol. The molecule has 4 aromatic carbocycles. The smallest absolute Gasteiger partial charge is 0.217 e. The summed E-state index contributed by atoms with van der Waals surface area (Å²) in [6.45, 7) is 5.55. The molecule has 2 heterocycles. The van der Waals surface area contributed by atoms with Crippen LogP contribution in [0.3, 0.4) is 0 Å². The van der Waals surface area contributed by atoms with Crippen molar-refractivity contribution in [3.05, 3.63) is 109 Å². The van der Waals surface area contributed by atoms with Crippen molar-refractivity contribution in [3.63, 3.8) is 0 Å². The van der Waals surface area contributed by atoms with Crippen LogP contribution in [-0.4, -0.2) is 54.3 Å². The number of hydrogen-bond acceptors (Lipinski definition) is 6. The van der Waals surface area contributed by atoms with E-state index in [0.717, 1.165) is 71.8 Å². The van der Waals surface area contributed by atoms with E-state index in [1.165, 1.54) is 0 Å². The van der Waals surface area contributed by atoms with E-state index in [2.05, 4.69) is 35.2 Å². The Morgan fingerprint density at radius 1 is 0.692 bits per heavy atom. The lowest BCUT2D eigenvalue weighted by Crippen LogP contribution is -2.38. The Kier molecular flexibility index (Phi) is 7.75. The zero-order valence-electron chi connectivity index (χ0n) is 21.8. The van der Waals surface area contributed by atoms with Gasteiger partial charge in [-0.1, -0.05) is 78.9 Å². The van der Waals surface area contributed by atoms with E-state index in [9.17, 15) is 0 Å². The number of benzene rings is 4. The van der Waals surface area contributed by atoms with Crippen LogP contribution in [0.15, 0.2) is 103 Å². The summed E-state index contributed by atoms with van der Waals surface area (Å²) in [6.07, 6.45) is 0. The third-order valence-corrected chi connectivity index (χ3v) is 6.85. The zero-order valence-corrected chi connectivity index (χ0v) is 21.8. The van der Waals surface area contributed by atoms with Gasteiger partial charge >= 0.3 is 0 Å². The first kappa shape index (κ1) is 25.0. The topological polar surface area (TPSA) is 56.7 Å². The number of ether oxygens (including phenoxy) is 3. The van der Waals surface area contributed by atoms with E-state index in [0.29, 0.717) is 24.9 Å². The van der Waals surface area contributed by atoms with Crippen molar-refractivity contribution >= 4 is 10.8 Å². The van der Waals surface area contributed by atoms with Crippen LogP contribution in [0.4, 0.5) is 0 Å². The Labute approximate surface area is 228 Å². The fourth-order valence-corrected chi connectivity index (χ4v) is 4.69. The molecule has 6 rings (SSSR count). The number of nitrogens with zero attached hydrogens (tertiary/aromatic N) is 3. The minimum atomic E-state index is 0.442. The summed E-state index contributed by atoms with van der Waals surface area (Å²) in [5, 5.41) is 2.22. The SMILES string of the molecule is c1ccc(COc2cc(-c3ccccc3)nc(-c3ccc4cc(OCCN5CCOCC5)ccc4c3)n2)cc1. The third-order valence-electron chi connectivity index (χ3n) is 6.85. The second-order valence-electron chi connectivity index (χ2n) is 9.58. The van der Waals surface area contributed by atoms with Crippen LogP contribution in [0.1, 0.15) is 5.56 Å². The summed E-state index contributed by atoms with van der Waals surface area (Å²) in [7, 11) is 0. The van der Waals surface area contributed by atoms with Crippen LogP contribution in [0, 0.1) is 0 Å². The zero-order chi connectivity index (χ0) is 26.3. The van der Waals surface area contributed by atoms with Gasteiger partial charge in [-0.3, -0.25) is 4.90 Å². The van der Waals surface area contributed by atoms with Gasteiger partial charge in [0.05, 0.1) is 18.9 Å². The average molecular weight is 518 g/mol. The molecule has 6 heteroatoms. The summed E-state index contributed by atoms with van der Waals surface area (Å²) in [4.78, 5) is 12.1. The van der Waals surface area contributed by atoms with Crippen molar-refractivity contribution in [3.8, 4) is 34.3 Å². The van der Waals surface area contributed by atoms with Gasteiger partial charge in [-0.15, -0.1) is 0 Å². The molecule has 0 amide bonds. The first-order valence-corrected chi connectivity index (χ1v) is 13.4. The standard InChI is InChI=1S/C33H31N3O3/c1-3-7-25(8-4-1)24-39-32-23-31(26-9-5-2-6-10-26)34-33(35-32)29-12-11-28-22-30(14-13-27(28)21-29)38-20-17-36-15-18-37-19-16-36/h1-14,21-23H,15-20,24H2. The van der Waals surface area contributed by atoms with Gasteiger partial charge < -0.3 is 14.2 Å². The molecule has 5 aromatic rings. The number of hydrogen-bond donors (Lipinski definition) is 0. The molecule has 1 fully saturated rings. The molecule has 1 aliphatic rings. The Balaban J connectivity index is 1.23. The van der Waals surface area contributed by atoms with E-state index in [4.69, 9.17) is 24.2 Å². The Morgan fingerprint density at radius 2 is 1.44 bits per heavy atom. The highest BCUT2D eigenvalue weighted by molar-refractivity contribution is 5.87. The predicted octanol–water partition coefficient (Wildman–Crippen LogP) is 6.25.